The molecule has 0 aliphatic heterocycles. The van der Waals surface area contributed by atoms with E-state index in [9.17, 15) is 4.79 Å². The molecule has 0 spiro atoms. The zero-order chi connectivity index (χ0) is 13.4. The van der Waals surface area contributed by atoms with E-state index in [4.69, 9.17) is 4.74 Å². The molecule has 0 saturated heterocycles. The van der Waals surface area contributed by atoms with Gasteiger partial charge in [0.2, 0.25) is 0 Å². The van der Waals surface area contributed by atoms with Crippen LogP contribution in [-0.2, 0) is 9.53 Å². The van der Waals surface area contributed by atoms with Crippen molar-refractivity contribution in [3.8, 4) is 0 Å². The van der Waals surface area contributed by atoms with E-state index in [1.807, 2.05) is 25.1 Å². The molecule has 0 saturated carbocycles. The van der Waals surface area contributed by atoms with Crippen molar-refractivity contribution < 1.29 is 9.53 Å². The van der Waals surface area contributed by atoms with Gasteiger partial charge in [-0.2, -0.15) is 0 Å². The topological polar surface area (TPSA) is 26.3 Å². The third kappa shape index (κ3) is 4.26. The molecule has 0 fully saturated rings. The quantitative estimate of drug-likeness (QED) is 0.696. The first-order valence-electron chi connectivity index (χ1n) is 6.89. The van der Waals surface area contributed by atoms with Crippen molar-refractivity contribution in [3.05, 3.63) is 35.9 Å². The first-order chi connectivity index (χ1) is 8.70. The Hall–Kier alpha value is -1.15. The molecule has 0 heterocycles. The molecule has 0 radical (unpaired) electrons. The number of carbonyl (C=O) groups is 1. The summed E-state index contributed by atoms with van der Waals surface area (Å²) in [5, 5.41) is 0. The van der Waals surface area contributed by atoms with Gasteiger partial charge in [0.15, 0.2) is 5.78 Å². The molecule has 1 rings (SSSR count). The van der Waals surface area contributed by atoms with Crippen LogP contribution in [0.25, 0.3) is 0 Å². The van der Waals surface area contributed by atoms with Gasteiger partial charge in [-0.25, -0.2) is 0 Å². The van der Waals surface area contributed by atoms with E-state index in [0.717, 1.165) is 12.8 Å². The molecule has 1 aromatic carbocycles. The average molecular weight is 248 g/mol. The van der Waals surface area contributed by atoms with Crippen molar-refractivity contribution in [1.82, 2.24) is 0 Å². The Balaban J connectivity index is 2.78. The molecular weight excluding hydrogens is 224 g/mol. The SMILES string of the molecule is CCCOC(C(=O)CCC)C(C)c1ccccc1. The molecule has 2 atom stereocenters. The van der Waals surface area contributed by atoms with E-state index in [2.05, 4.69) is 26.0 Å². The normalized spacial score (nSPS) is 14.2. The van der Waals surface area contributed by atoms with Crippen molar-refractivity contribution in [1.29, 1.82) is 0 Å². The highest BCUT2D eigenvalue weighted by atomic mass is 16.5. The maximum atomic E-state index is 12.1. The summed E-state index contributed by atoms with van der Waals surface area (Å²) in [7, 11) is 0. The van der Waals surface area contributed by atoms with Gasteiger partial charge in [-0.3, -0.25) is 4.79 Å². The molecule has 0 aromatic heterocycles. The molecule has 0 aliphatic rings. The van der Waals surface area contributed by atoms with Crippen LogP contribution in [0.2, 0.25) is 0 Å². The number of hydrogen-bond donors (Lipinski definition) is 0. The Morgan fingerprint density at radius 1 is 1.17 bits per heavy atom. The lowest BCUT2D eigenvalue weighted by molar-refractivity contribution is -0.131. The van der Waals surface area contributed by atoms with Crippen molar-refractivity contribution in [2.24, 2.45) is 0 Å². The number of ether oxygens (including phenoxy) is 1. The summed E-state index contributed by atoms with van der Waals surface area (Å²) in [6.07, 6.45) is 2.13. The van der Waals surface area contributed by atoms with Gasteiger partial charge in [0.25, 0.3) is 0 Å². The Morgan fingerprint density at radius 3 is 2.39 bits per heavy atom. The second kappa shape index (κ2) is 8.04. The van der Waals surface area contributed by atoms with Gasteiger partial charge in [0.1, 0.15) is 6.10 Å². The molecule has 0 N–H and O–H groups in total. The molecule has 2 unspecified atom stereocenters. The third-order valence-electron chi connectivity index (χ3n) is 3.09. The summed E-state index contributed by atoms with van der Waals surface area (Å²) < 4.78 is 5.77. The van der Waals surface area contributed by atoms with Crippen molar-refractivity contribution in [2.45, 2.75) is 52.1 Å². The van der Waals surface area contributed by atoms with E-state index in [1.54, 1.807) is 0 Å². The number of hydrogen-bond acceptors (Lipinski definition) is 2. The summed E-state index contributed by atoms with van der Waals surface area (Å²) in [5.41, 5.74) is 1.17. The van der Waals surface area contributed by atoms with Gasteiger partial charge < -0.3 is 4.74 Å². The van der Waals surface area contributed by atoms with Gasteiger partial charge >= 0.3 is 0 Å². The lowest BCUT2D eigenvalue weighted by Gasteiger charge is -2.23. The minimum absolute atomic E-state index is 0.122. The summed E-state index contributed by atoms with van der Waals surface area (Å²) >= 11 is 0. The molecule has 0 bridgehead atoms. The third-order valence-corrected chi connectivity index (χ3v) is 3.09. The Labute approximate surface area is 110 Å². The monoisotopic (exact) mass is 248 g/mol. The van der Waals surface area contributed by atoms with Crippen LogP contribution in [-0.4, -0.2) is 18.5 Å². The fraction of sp³-hybridized carbons (Fsp3) is 0.562. The van der Waals surface area contributed by atoms with Crippen LogP contribution in [0.15, 0.2) is 30.3 Å². The minimum Gasteiger partial charge on any atom is -0.370 e. The van der Waals surface area contributed by atoms with E-state index >= 15 is 0 Å². The summed E-state index contributed by atoms with van der Waals surface area (Å²) in [6.45, 7) is 6.82. The lowest BCUT2D eigenvalue weighted by atomic mass is 9.91. The van der Waals surface area contributed by atoms with Crippen LogP contribution >= 0.6 is 0 Å². The Kier molecular flexibility index (Phi) is 6.66. The van der Waals surface area contributed by atoms with E-state index in [0.29, 0.717) is 13.0 Å². The number of Topliss-reactive ketones (excluding diaryl/α,β-unsaturated/α-hetero) is 1. The van der Waals surface area contributed by atoms with Crippen LogP contribution in [0.5, 0.6) is 0 Å². The second-order valence-electron chi connectivity index (χ2n) is 4.71. The van der Waals surface area contributed by atoms with Crippen LogP contribution in [0.4, 0.5) is 0 Å². The van der Waals surface area contributed by atoms with Gasteiger partial charge in [-0.1, -0.05) is 51.1 Å². The molecule has 1 aromatic rings. The maximum Gasteiger partial charge on any atom is 0.162 e. The second-order valence-corrected chi connectivity index (χ2v) is 4.71. The average Bonchev–Trinajstić information content (AvgIpc) is 2.40. The standard InChI is InChI=1S/C16H24O2/c1-4-9-15(17)16(18-12-5-2)13(3)14-10-7-6-8-11-14/h6-8,10-11,13,16H,4-5,9,12H2,1-3H3. The summed E-state index contributed by atoms with van der Waals surface area (Å²) in [5.74, 6) is 0.346. The summed E-state index contributed by atoms with van der Waals surface area (Å²) in [6, 6.07) is 10.1. The van der Waals surface area contributed by atoms with Crippen LogP contribution in [0, 0.1) is 0 Å². The van der Waals surface area contributed by atoms with E-state index in [1.165, 1.54) is 5.56 Å². The smallest absolute Gasteiger partial charge is 0.162 e. The fourth-order valence-corrected chi connectivity index (χ4v) is 2.08. The highest BCUT2D eigenvalue weighted by Crippen LogP contribution is 2.23. The molecule has 2 nitrogen and oxygen atoms in total. The van der Waals surface area contributed by atoms with Gasteiger partial charge in [0, 0.05) is 18.9 Å². The minimum atomic E-state index is -0.299. The predicted molar refractivity (Wildman–Crippen MR) is 74.8 cm³/mol. The number of carbonyl (C=O) groups excluding carboxylic acids is 1. The van der Waals surface area contributed by atoms with Crippen molar-refractivity contribution in [3.63, 3.8) is 0 Å². The number of ketones is 1. The van der Waals surface area contributed by atoms with Gasteiger partial charge in [-0.15, -0.1) is 0 Å². The zero-order valence-corrected chi connectivity index (χ0v) is 11.7. The lowest BCUT2D eigenvalue weighted by Crippen LogP contribution is -2.30. The predicted octanol–water partition coefficient (Wildman–Crippen LogP) is 3.95. The zero-order valence-electron chi connectivity index (χ0n) is 11.7. The van der Waals surface area contributed by atoms with Crippen LogP contribution < -0.4 is 0 Å². The van der Waals surface area contributed by atoms with Crippen molar-refractivity contribution in [2.75, 3.05) is 6.61 Å². The molecule has 0 amide bonds. The highest BCUT2D eigenvalue weighted by molar-refractivity contribution is 5.84. The number of rotatable bonds is 8. The molecule has 0 aliphatic carbocycles. The highest BCUT2D eigenvalue weighted by Gasteiger charge is 2.25. The van der Waals surface area contributed by atoms with Gasteiger partial charge in [-0.05, 0) is 18.4 Å². The first kappa shape index (κ1) is 14.9. The Morgan fingerprint density at radius 2 is 1.83 bits per heavy atom. The number of benzene rings is 1. The molecule has 18 heavy (non-hydrogen) atoms. The fourth-order valence-electron chi connectivity index (χ4n) is 2.08. The van der Waals surface area contributed by atoms with Gasteiger partial charge in [0.05, 0.1) is 0 Å². The van der Waals surface area contributed by atoms with E-state index in [-0.39, 0.29) is 17.8 Å². The first-order valence-corrected chi connectivity index (χ1v) is 6.89. The van der Waals surface area contributed by atoms with Crippen molar-refractivity contribution >= 4 is 5.78 Å². The van der Waals surface area contributed by atoms with Crippen LogP contribution in [0.3, 0.4) is 0 Å². The largest absolute Gasteiger partial charge is 0.370 e. The maximum absolute atomic E-state index is 12.1. The molecule has 100 valence electrons. The molecular formula is C16H24O2. The summed E-state index contributed by atoms with van der Waals surface area (Å²) in [4.78, 5) is 12.1. The Bertz CT molecular complexity index is 345. The molecule has 2 heteroatoms. The van der Waals surface area contributed by atoms with E-state index < -0.39 is 0 Å². The van der Waals surface area contributed by atoms with Crippen LogP contribution in [0.1, 0.15) is 51.5 Å².